The first-order chi connectivity index (χ1) is 13.3. The van der Waals surface area contributed by atoms with Crippen molar-refractivity contribution in [2.45, 2.75) is 70.0 Å². The van der Waals surface area contributed by atoms with E-state index in [2.05, 4.69) is 10.6 Å². The van der Waals surface area contributed by atoms with Crippen molar-refractivity contribution >= 4 is 29.7 Å². The molecule has 0 aliphatic carbocycles. The van der Waals surface area contributed by atoms with E-state index < -0.39 is 78.9 Å². The second kappa shape index (κ2) is 11.9. The molecular formula is C16H28N4O9. The van der Waals surface area contributed by atoms with Crippen LogP contribution in [0, 0.1) is 0 Å². The first-order valence-electron chi connectivity index (χ1n) is 8.75. The van der Waals surface area contributed by atoms with Crippen LogP contribution in [-0.4, -0.2) is 86.5 Å². The van der Waals surface area contributed by atoms with Gasteiger partial charge in [-0.1, -0.05) is 0 Å². The molecule has 29 heavy (non-hydrogen) atoms. The Balaban J connectivity index is 5.29. The summed E-state index contributed by atoms with van der Waals surface area (Å²) in [4.78, 5) is 58.2. The Hall–Kier alpha value is -2.77. The zero-order valence-corrected chi connectivity index (χ0v) is 16.3. The van der Waals surface area contributed by atoms with Crippen LogP contribution >= 0.6 is 0 Å². The Labute approximate surface area is 166 Å². The zero-order chi connectivity index (χ0) is 22.9. The van der Waals surface area contributed by atoms with Crippen molar-refractivity contribution in [3.05, 3.63) is 0 Å². The van der Waals surface area contributed by atoms with Crippen LogP contribution in [-0.2, 0) is 24.0 Å². The summed E-state index contributed by atoms with van der Waals surface area (Å²) in [6.07, 6.45) is -3.81. The minimum Gasteiger partial charge on any atom is -0.481 e. The Kier molecular flexibility index (Phi) is 10.8. The van der Waals surface area contributed by atoms with Gasteiger partial charge < -0.3 is 42.1 Å². The summed E-state index contributed by atoms with van der Waals surface area (Å²) < 4.78 is 0. The topological polar surface area (TPSA) is 228 Å². The number of carbonyl (C=O) groups is 5. The van der Waals surface area contributed by atoms with Crippen molar-refractivity contribution in [3.63, 3.8) is 0 Å². The molecule has 6 atom stereocenters. The van der Waals surface area contributed by atoms with Gasteiger partial charge in [-0.15, -0.1) is 0 Å². The van der Waals surface area contributed by atoms with Gasteiger partial charge in [0, 0.05) is 6.42 Å². The van der Waals surface area contributed by atoms with E-state index in [-0.39, 0.29) is 0 Å². The largest absolute Gasteiger partial charge is 0.481 e. The molecule has 0 spiro atoms. The quantitative estimate of drug-likeness (QED) is 0.155. The third kappa shape index (κ3) is 9.32. The number of nitrogens with one attached hydrogen (secondary N) is 3. The number of carboxylic acids is 2. The molecule has 166 valence electrons. The van der Waals surface area contributed by atoms with Crippen molar-refractivity contribution in [3.8, 4) is 0 Å². The third-order valence-corrected chi connectivity index (χ3v) is 3.80. The Morgan fingerprint density at radius 1 is 0.793 bits per heavy atom. The molecule has 0 saturated carbocycles. The van der Waals surface area contributed by atoms with Gasteiger partial charge in [-0.05, 0) is 27.2 Å². The molecule has 0 aromatic heterocycles. The highest BCUT2D eigenvalue weighted by molar-refractivity contribution is 5.94. The van der Waals surface area contributed by atoms with Gasteiger partial charge in [-0.2, -0.15) is 0 Å². The smallest absolute Gasteiger partial charge is 0.326 e. The maximum Gasteiger partial charge on any atom is 0.326 e. The van der Waals surface area contributed by atoms with E-state index in [0.29, 0.717) is 0 Å². The molecule has 13 nitrogen and oxygen atoms in total. The first-order valence-corrected chi connectivity index (χ1v) is 8.75. The van der Waals surface area contributed by atoms with E-state index in [0.717, 1.165) is 6.92 Å². The number of carboxylic acid groups (broad SMARTS) is 2. The van der Waals surface area contributed by atoms with Crippen LogP contribution in [0.15, 0.2) is 0 Å². The van der Waals surface area contributed by atoms with E-state index in [1.165, 1.54) is 13.8 Å². The molecule has 0 fully saturated rings. The van der Waals surface area contributed by atoms with E-state index in [4.69, 9.17) is 15.9 Å². The maximum atomic E-state index is 12.4. The number of aliphatic hydroxyl groups is 2. The second-order valence-electron chi connectivity index (χ2n) is 6.57. The van der Waals surface area contributed by atoms with Crippen LogP contribution in [0.25, 0.3) is 0 Å². The summed E-state index contributed by atoms with van der Waals surface area (Å²) in [5, 5.41) is 43.6. The molecule has 13 heteroatoms. The minimum atomic E-state index is -1.64. The Morgan fingerprint density at radius 3 is 1.55 bits per heavy atom. The summed E-state index contributed by atoms with van der Waals surface area (Å²) >= 11 is 0. The highest BCUT2D eigenvalue weighted by Crippen LogP contribution is 2.03. The number of aliphatic hydroxyl groups excluding tert-OH is 2. The van der Waals surface area contributed by atoms with E-state index in [1.54, 1.807) is 0 Å². The van der Waals surface area contributed by atoms with Crippen LogP contribution in [0.1, 0.15) is 33.6 Å². The normalized spacial score (nSPS) is 17.0. The summed E-state index contributed by atoms with van der Waals surface area (Å²) in [7, 11) is 0. The fraction of sp³-hybridized carbons (Fsp3) is 0.688. The molecule has 0 rings (SSSR count). The van der Waals surface area contributed by atoms with Crippen molar-refractivity contribution in [1.82, 2.24) is 16.0 Å². The van der Waals surface area contributed by atoms with Crippen LogP contribution in [0.4, 0.5) is 0 Å². The molecule has 9 N–H and O–H groups in total. The first kappa shape index (κ1) is 26.2. The van der Waals surface area contributed by atoms with E-state index in [1.807, 2.05) is 5.32 Å². The van der Waals surface area contributed by atoms with Crippen molar-refractivity contribution < 1.29 is 44.4 Å². The molecule has 0 aromatic carbocycles. The monoisotopic (exact) mass is 420 g/mol. The summed E-state index contributed by atoms with van der Waals surface area (Å²) in [5.41, 5.74) is 5.39. The molecular weight excluding hydrogens is 392 g/mol. The number of amides is 3. The van der Waals surface area contributed by atoms with Crippen LogP contribution in [0.5, 0.6) is 0 Å². The Bertz CT molecular complexity index is 622. The van der Waals surface area contributed by atoms with Gasteiger partial charge in [0.2, 0.25) is 17.7 Å². The lowest BCUT2D eigenvalue weighted by molar-refractivity contribution is -0.144. The average molecular weight is 420 g/mol. The zero-order valence-electron chi connectivity index (χ0n) is 16.3. The van der Waals surface area contributed by atoms with Crippen LogP contribution in [0.3, 0.4) is 0 Å². The fourth-order valence-corrected chi connectivity index (χ4v) is 2.12. The minimum absolute atomic E-state index is 0.419. The number of aliphatic carboxylic acids is 2. The van der Waals surface area contributed by atoms with E-state index >= 15 is 0 Å². The SMILES string of the molecule is CC(N)C(=O)NC(C(=O)NC(C(=O)NC(CCC(=O)O)C(=O)O)C(C)O)C(C)O. The van der Waals surface area contributed by atoms with Crippen molar-refractivity contribution in [2.24, 2.45) is 5.73 Å². The lowest BCUT2D eigenvalue weighted by atomic mass is 10.1. The predicted molar refractivity (Wildman–Crippen MR) is 97.3 cm³/mol. The van der Waals surface area contributed by atoms with Gasteiger partial charge >= 0.3 is 11.9 Å². The molecule has 0 aromatic rings. The van der Waals surface area contributed by atoms with Crippen molar-refractivity contribution in [1.29, 1.82) is 0 Å². The number of nitrogens with two attached hydrogens (primary N) is 1. The van der Waals surface area contributed by atoms with E-state index in [9.17, 15) is 34.2 Å². The number of hydrogen-bond acceptors (Lipinski definition) is 8. The molecule has 6 unspecified atom stereocenters. The number of hydrogen-bond donors (Lipinski definition) is 8. The average Bonchev–Trinajstić information content (AvgIpc) is 2.59. The molecule has 0 radical (unpaired) electrons. The lowest BCUT2D eigenvalue weighted by Gasteiger charge is -2.27. The molecule has 0 aliphatic rings. The molecule has 0 aliphatic heterocycles. The highest BCUT2D eigenvalue weighted by atomic mass is 16.4. The van der Waals surface area contributed by atoms with Crippen molar-refractivity contribution in [2.75, 3.05) is 0 Å². The van der Waals surface area contributed by atoms with Gasteiger partial charge in [0.25, 0.3) is 0 Å². The fourth-order valence-electron chi connectivity index (χ4n) is 2.12. The lowest BCUT2D eigenvalue weighted by Crippen LogP contribution is -2.61. The molecule has 0 bridgehead atoms. The van der Waals surface area contributed by atoms with Gasteiger partial charge in [0.05, 0.1) is 18.2 Å². The second-order valence-corrected chi connectivity index (χ2v) is 6.57. The number of rotatable bonds is 12. The molecule has 0 heterocycles. The Morgan fingerprint density at radius 2 is 1.21 bits per heavy atom. The maximum absolute atomic E-state index is 12.4. The predicted octanol–water partition coefficient (Wildman–Crippen LogP) is -3.50. The number of carbonyl (C=O) groups excluding carboxylic acids is 3. The van der Waals surface area contributed by atoms with Gasteiger partial charge in [0.1, 0.15) is 18.1 Å². The summed E-state index contributed by atoms with van der Waals surface area (Å²) in [6.45, 7) is 3.70. The van der Waals surface area contributed by atoms with Crippen LogP contribution < -0.4 is 21.7 Å². The van der Waals surface area contributed by atoms with Gasteiger partial charge in [0.15, 0.2) is 0 Å². The third-order valence-electron chi connectivity index (χ3n) is 3.80. The highest BCUT2D eigenvalue weighted by Gasteiger charge is 2.34. The molecule has 0 saturated heterocycles. The van der Waals surface area contributed by atoms with Gasteiger partial charge in [-0.3, -0.25) is 19.2 Å². The van der Waals surface area contributed by atoms with Gasteiger partial charge in [-0.25, -0.2) is 4.79 Å². The standard InChI is InChI=1S/C16H28N4O9/c1-6(17)13(25)19-12(8(3)22)15(27)20-11(7(2)21)14(26)18-9(16(28)29)4-5-10(23)24/h6-9,11-12,21-22H,4-5,17H2,1-3H3,(H,18,26)(H,19,25)(H,20,27)(H,23,24)(H,28,29). The summed E-state index contributed by atoms with van der Waals surface area (Å²) in [6, 6.07) is -5.68. The molecule has 3 amide bonds. The van der Waals surface area contributed by atoms with Crippen LogP contribution in [0.2, 0.25) is 0 Å². The summed E-state index contributed by atoms with van der Waals surface area (Å²) in [5.74, 6) is -5.62.